The Morgan fingerprint density at radius 1 is 0.941 bits per heavy atom. The minimum atomic E-state index is 0.899. The van der Waals surface area contributed by atoms with Crippen molar-refractivity contribution in [1.29, 1.82) is 0 Å². The van der Waals surface area contributed by atoms with Crippen LogP contribution in [0, 0.1) is 5.92 Å². The third kappa shape index (κ3) is 3.18. The number of fused-ring (bicyclic) bond motifs is 1. The molecule has 0 aromatic carbocycles. The molecule has 0 saturated carbocycles. The molecule has 0 radical (unpaired) electrons. The molecule has 98 valence electrons. The van der Waals surface area contributed by atoms with E-state index in [2.05, 4.69) is 21.6 Å². The van der Waals surface area contributed by atoms with Crippen LogP contribution < -0.4 is 0 Å². The Balaban J connectivity index is 1.52. The van der Waals surface area contributed by atoms with Crippen molar-refractivity contribution in [3.63, 3.8) is 0 Å². The van der Waals surface area contributed by atoms with E-state index in [1.807, 2.05) is 0 Å². The fourth-order valence-corrected chi connectivity index (χ4v) is 4.95. The summed E-state index contributed by atoms with van der Waals surface area (Å²) in [6, 6.07) is 0.899. The highest BCUT2D eigenvalue weighted by Crippen LogP contribution is 2.26. The van der Waals surface area contributed by atoms with Gasteiger partial charge in [0.25, 0.3) is 0 Å². The van der Waals surface area contributed by atoms with Gasteiger partial charge in [-0.3, -0.25) is 4.90 Å². The van der Waals surface area contributed by atoms with Crippen LogP contribution in [0.4, 0.5) is 0 Å². The molecule has 1 atom stereocenters. The van der Waals surface area contributed by atoms with Crippen molar-refractivity contribution in [1.82, 2.24) is 9.80 Å². The van der Waals surface area contributed by atoms with Crippen LogP contribution in [0.3, 0.4) is 0 Å². The second-order valence-electron chi connectivity index (χ2n) is 6.00. The van der Waals surface area contributed by atoms with Crippen LogP contribution in [-0.2, 0) is 0 Å². The maximum Gasteiger partial charge on any atom is 0.0223 e. The van der Waals surface area contributed by atoms with Crippen molar-refractivity contribution in [3.8, 4) is 0 Å². The molecule has 3 rings (SSSR count). The van der Waals surface area contributed by atoms with E-state index < -0.39 is 0 Å². The molecule has 3 aliphatic heterocycles. The predicted molar refractivity (Wildman–Crippen MR) is 75.7 cm³/mol. The second kappa shape index (κ2) is 5.94. The molecule has 3 aliphatic rings. The Labute approximate surface area is 110 Å². The Morgan fingerprint density at radius 3 is 2.65 bits per heavy atom. The largest absolute Gasteiger partial charge is 0.301 e. The zero-order chi connectivity index (χ0) is 11.5. The van der Waals surface area contributed by atoms with Crippen LogP contribution >= 0.6 is 11.8 Å². The summed E-state index contributed by atoms with van der Waals surface area (Å²) in [7, 11) is 0. The van der Waals surface area contributed by atoms with E-state index in [0.29, 0.717) is 0 Å². The zero-order valence-electron chi connectivity index (χ0n) is 10.9. The minimum absolute atomic E-state index is 0.899. The third-order valence-corrected chi connectivity index (χ3v) is 5.79. The molecule has 0 N–H and O–H groups in total. The number of thioether (sulfide) groups is 1. The van der Waals surface area contributed by atoms with Crippen LogP contribution in [0.15, 0.2) is 0 Å². The Hall–Kier alpha value is 0.270. The molecule has 0 bridgehead atoms. The molecule has 0 aromatic rings. The standard InChI is InChI=1S/C14H26N2S/c1-3-14-12-15(6-2-8-16(14)7-1)11-13-4-9-17-10-5-13/h13-14H,1-12H2. The Kier molecular flexibility index (Phi) is 4.30. The fourth-order valence-electron chi connectivity index (χ4n) is 3.74. The smallest absolute Gasteiger partial charge is 0.0223 e. The Morgan fingerprint density at radius 2 is 1.76 bits per heavy atom. The third-order valence-electron chi connectivity index (χ3n) is 4.74. The summed E-state index contributed by atoms with van der Waals surface area (Å²) in [5, 5.41) is 0. The highest BCUT2D eigenvalue weighted by molar-refractivity contribution is 7.99. The molecular formula is C14H26N2S. The first kappa shape index (κ1) is 12.3. The number of rotatable bonds is 2. The second-order valence-corrected chi connectivity index (χ2v) is 7.23. The van der Waals surface area contributed by atoms with Crippen LogP contribution in [0.5, 0.6) is 0 Å². The van der Waals surface area contributed by atoms with Gasteiger partial charge in [0.2, 0.25) is 0 Å². The number of nitrogens with zero attached hydrogens (tertiary/aromatic N) is 2. The van der Waals surface area contributed by atoms with E-state index in [1.165, 1.54) is 76.3 Å². The summed E-state index contributed by atoms with van der Waals surface area (Å²) in [4.78, 5) is 5.54. The molecule has 3 heterocycles. The van der Waals surface area contributed by atoms with Gasteiger partial charge in [-0.1, -0.05) is 0 Å². The lowest BCUT2D eigenvalue weighted by Gasteiger charge is -2.30. The van der Waals surface area contributed by atoms with Crippen LogP contribution in [0.1, 0.15) is 32.1 Å². The molecule has 0 spiro atoms. The van der Waals surface area contributed by atoms with Crippen LogP contribution in [0.25, 0.3) is 0 Å². The SMILES string of the molecule is C1CC2CN(CC3CCSCC3)CCCN2C1. The minimum Gasteiger partial charge on any atom is -0.301 e. The van der Waals surface area contributed by atoms with Gasteiger partial charge < -0.3 is 4.90 Å². The van der Waals surface area contributed by atoms with Gasteiger partial charge in [0.1, 0.15) is 0 Å². The van der Waals surface area contributed by atoms with Crippen LogP contribution in [0.2, 0.25) is 0 Å². The molecule has 2 nitrogen and oxygen atoms in total. The summed E-state index contributed by atoms with van der Waals surface area (Å²) in [5.41, 5.74) is 0. The normalized spacial score (nSPS) is 33.5. The molecule has 3 fully saturated rings. The maximum absolute atomic E-state index is 2.79. The molecule has 1 unspecified atom stereocenters. The van der Waals surface area contributed by atoms with Gasteiger partial charge >= 0.3 is 0 Å². The average Bonchev–Trinajstić information content (AvgIpc) is 2.70. The topological polar surface area (TPSA) is 6.48 Å². The molecule has 0 aliphatic carbocycles. The van der Waals surface area contributed by atoms with Gasteiger partial charge in [-0.2, -0.15) is 11.8 Å². The van der Waals surface area contributed by atoms with Crippen molar-refractivity contribution < 1.29 is 0 Å². The molecule has 17 heavy (non-hydrogen) atoms. The maximum atomic E-state index is 2.79. The lowest BCUT2D eigenvalue weighted by molar-refractivity contribution is 0.194. The average molecular weight is 254 g/mol. The fraction of sp³-hybridized carbons (Fsp3) is 1.00. The summed E-state index contributed by atoms with van der Waals surface area (Å²) < 4.78 is 0. The summed E-state index contributed by atoms with van der Waals surface area (Å²) in [6.45, 7) is 6.85. The van der Waals surface area contributed by atoms with Gasteiger partial charge in [-0.15, -0.1) is 0 Å². The van der Waals surface area contributed by atoms with Gasteiger partial charge in [-0.05, 0) is 69.2 Å². The molecule has 3 heteroatoms. The van der Waals surface area contributed by atoms with Crippen molar-refractivity contribution in [2.24, 2.45) is 5.92 Å². The first-order valence-corrected chi connectivity index (χ1v) is 8.61. The molecular weight excluding hydrogens is 228 g/mol. The zero-order valence-corrected chi connectivity index (χ0v) is 11.8. The van der Waals surface area contributed by atoms with E-state index in [-0.39, 0.29) is 0 Å². The lowest BCUT2D eigenvalue weighted by Crippen LogP contribution is -2.39. The van der Waals surface area contributed by atoms with E-state index in [0.717, 1.165) is 12.0 Å². The number of hydrogen-bond acceptors (Lipinski definition) is 3. The van der Waals surface area contributed by atoms with Crippen molar-refractivity contribution in [2.45, 2.75) is 38.1 Å². The van der Waals surface area contributed by atoms with Gasteiger partial charge in [0.05, 0.1) is 0 Å². The van der Waals surface area contributed by atoms with Gasteiger partial charge in [0.15, 0.2) is 0 Å². The van der Waals surface area contributed by atoms with E-state index in [4.69, 9.17) is 0 Å². The first-order valence-electron chi connectivity index (χ1n) is 7.46. The Bertz CT molecular complexity index is 240. The van der Waals surface area contributed by atoms with Crippen molar-refractivity contribution >= 4 is 11.8 Å². The lowest BCUT2D eigenvalue weighted by atomic mass is 10.0. The summed E-state index contributed by atoms with van der Waals surface area (Å²) in [5.74, 6) is 3.83. The van der Waals surface area contributed by atoms with Crippen molar-refractivity contribution in [3.05, 3.63) is 0 Å². The molecule has 0 aromatic heterocycles. The van der Waals surface area contributed by atoms with E-state index in [1.54, 1.807) is 0 Å². The van der Waals surface area contributed by atoms with Crippen LogP contribution in [-0.4, -0.2) is 60.1 Å². The molecule has 3 saturated heterocycles. The van der Waals surface area contributed by atoms with Gasteiger partial charge in [0, 0.05) is 19.1 Å². The predicted octanol–water partition coefficient (Wildman–Crippen LogP) is 2.30. The highest BCUT2D eigenvalue weighted by Gasteiger charge is 2.29. The van der Waals surface area contributed by atoms with E-state index in [9.17, 15) is 0 Å². The first-order chi connectivity index (χ1) is 8.42. The quantitative estimate of drug-likeness (QED) is 0.746. The van der Waals surface area contributed by atoms with E-state index >= 15 is 0 Å². The summed E-state index contributed by atoms with van der Waals surface area (Å²) in [6.07, 6.45) is 7.23. The number of hydrogen-bond donors (Lipinski definition) is 0. The highest BCUT2D eigenvalue weighted by atomic mass is 32.2. The monoisotopic (exact) mass is 254 g/mol. The van der Waals surface area contributed by atoms with Gasteiger partial charge in [-0.25, -0.2) is 0 Å². The molecule has 0 amide bonds. The van der Waals surface area contributed by atoms with Crippen molar-refractivity contribution in [2.75, 3.05) is 44.2 Å². The summed E-state index contributed by atoms with van der Waals surface area (Å²) >= 11 is 2.15.